The number of aliphatic imine (C=N–C) groups is 1. The molecule has 0 radical (unpaired) electrons. The third-order valence-corrected chi connectivity index (χ3v) is 3.92. The molecule has 0 aliphatic heterocycles. The monoisotopic (exact) mass is 332 g/mol. The standard InChI is InChI=1S/C17H24N4OS/c1-4-18-17(21-12-16-19-11-14(3)23-16)20-10-13(2)22-15-8-6-5-7-9-15/h5-9,11,13H,4,10,12H2,1-3H3,(H2,18,20,21). The van der Waals surface area contributed by atoms with E-state index >= 15 is 0 Å². The van der Waals surface area contributed by atoms with Gasteiger partial charge in [0.15, 0.2) is 5.96 Å². The Kier molecular flexibility index (Phi) is 6.87. The van der Waals surface area contributed by atoms with E-state index in [2.05, 4.69) is 34.5 Å². The molecule has 1 aromatic carbocycles. The zero-order valence-corrected chi connectivity index (χ0v) is 14.7. The fraction of sp³-hybridized carbons (Fsp3) is 0.412. The second kappa shape index (κ2) is 9.15. The van der Waals surface area contributed by atoms with Crippen LogP contribution in [0.15, 0.2) is 41.5 Å². The van der Waals surface area contributed by atoms with Gasteiger partial charge < -0.3 is 15.4 Å². The van der Waals surface area contributed by atoms with Crippen molar-refractivity contribution in [2.75, 3.05) is 13.1 Å². The predicted octanol–water partition coefficient (Wildman–Crippen LogP) is 2.97. The van der Waals surface area contributed by atoms with Crippen molar-refractivity contribution in [1.82, 2.24) is 15.6 Å². The van der Waals surface area contributed by atoms with Gasteiger partial charge in [0.25, 0.3) is 0 Å². The molecule has 5 nitrogen and oxygen atoms in total. The molecule has 124 valence electrons. The number of ether oxygens (including phenoxy) is 1. The Morgan fingerprint density at radius 1 is 1.30 bits per heavy atom. The van der Waals surface area contributed by atoms with Gasteiger partial charge in [-0.25, -0.2) is 9.98 Å². The van der Waals surface area contributed by atoms with Crippen LogP contribution in [0.2, 0.25) is 0 Å². The number of thiazole rings is 1. The van der Waals surface area contributed by atoms with E-state index in [1.807, 2.05) is 43.5 Å². The van der Waals surface area contributed by atoms with E-state index in [0.717, 1.165) is 23.3 Å². The van der Waals surface area contributed by atoms with Crippen LogP contribution in [0.5, 0.6) is 5.75 Å². The number of hydrogen-bond acceptors (Lipinski definition) is 4. The average Bonchev–Trinajstić information content (AvgIpc) is 2.96. The molecule has 1 unspecified atom stereocenters. The van der Waals surface area contributed by atoms with Crippen LogP contribution in [0.4, 0.5) is 0 Å². The van der Waals surface area contributed by atoms with Crippen molar-refractivity contribution in [3.63, 3.8) is 0 Å². The van der Waals surface area contributed by atoms with E-state index in [4.69, 9.17) is 4.74 Å². The number of benzene rings is 1. The molecule has 0 spiro atoms. The van der Waals surface area contributed by atoms with Crippen molar-refractivity contribution in [1.29, 1.82) is 0 Å². The summed E-state index contributed by atoms with van der Waals surface area (Å²) in [6.07, 6.45) is 1.93. The molecule has 0 saturated heterocycles. The molecule has 2 aromatic rings. The first-order valence-corrected chi connectivity index (χ1v) is 8.64. The minimum Gasteiger partial charge on any atom is -0.489 e. The van der Waals surface area contributed by atoms with Gasteiger partial charge in [0.1, 0.15) is 16.9 Å². The summed E-state index contributed by atoms with van der Waals surface area (Å²) >= 11 is 1.68. The second-order valence-electron chi connectivity index (χ2n) is 5.18. The van der Waals surface area contributed by atoms with E-state index in [9.17, 15) is 0 Å². The maximum absolute atomic E-state index is 5.85. The van der Waals surface area contributed by atoms with Crippen LogP contribution in [0, 0.1) is 6.92 Å². The smallest absolute Gasteiger partial charge is 0.191 e. The van der Waals surface area contributed by atoms with E-state index < -0.39 is 0 Å². The number of hydrogen-bond donors (Lipinski definition) is 2. The van der Waals surface area contributed by atoms with Crippen LogP contribution >= 0.6 is 11.3 Å². The number of para-hydroxylation sites is 1. The van der Waals surface area contributed by atoms with Gasteiger partial charge in [-0.2, -0.15) is 0 Å². The summed E-state index contributed by atoms with van der Waals surface area (Å²) in [7, 11) is 0. The van der Waals surface area contributed by atoms with Gasteiger partial charge in [-0.15, -0.1) is 11.3 Å². The average molecular weight is 332 g/mol. The molecule has 6 heteroatoms. The molecule has 2 N–H and O–H groups in total. The lowest BCUT2D eigenvalue weighted by atomic mass is 10.3. The Morgan fingerprint density at radius 3 is 2.74 bits per heavy atom. The van der Waals surface area contributed by atoms with Crippen molar-refractivity contribution in [3.05, 3.63) is 46.4 Å². The highest BCUT2D eigenvalue weighted by molar-refractivity contribution is 7.11. The van der Waals surface area contributed by atoms with Crippen LogP contribution in [-0.2, 0) is 6.54 Å². The Balaban J connectivity index is 1.83. The van der Waals surface area contributed by atoms with Gasteiger partial charge in [-0.05, 0) is 32.9 Å². The van der Waals surface area contributed by atoms with E-state index in [-0.39, 0.29) is 6.10 Å². The first kappa shape index (κ1) is 17.3. The van der Waals surface area contributed by atoms with Gasteiger partial charge in [0.2, 0.25) is 0 Å². The molecule has 0 aliphatic carbocycles. The number of nitrogens with one attached hydrogen (secondary N) is 2. The Morgan fingerprint density at radius 2 is 2.09 bits per heavy atom. The summed E-state index contributed by atoms with van der Waals surface area (Å²) in [4.78, 5) is 10.1. The van der Waals surface area contributed by atoms with E-state index in [1.165, 1.54) is 4.88 Å². The molecule has 1 atom stereocenters. The molecule has 0 saturated carbocycles. The minimum atomic E-state index is 0.0448. The summed E-state index contributed by atoms with van der Waals surface area (Å²) in [6, 6.07) is 9.83. The molecule has 1 aromatic heterocycles. The third-order valence-electron chi connectivity index (χ3n) is 3.02. The molecule has 2 rings (SSSR count). The Hall–Kier alpha value is -2.08. The number of rotatable bonds is 7. The maximum atomic E-state index is 5.85. The number of guanidine groups is 1. The molecule has 0 amide bonds. The van der Waals surface area contributed by atoms with Crippen LogP contribution in [-0.4, -0.2) is 30.1 Å². The normalized spacial score (nSPS) is 12.7. The van der Waals surface area contributed by atoms with Crippen LogP contribution < -0.4 is 15.4 Å². The summed E-state index contributed by atoms with van der Waals surface area (Å²) in [5.74, 6) is 1.66. The van der Waals surface area contributed by atoms with Gasteiger partial charge in [0.05, 0.1) is 13.1 Å². The fourth-order valence-electron chi connectivity index (χ4n) is 1.98. The highest BCUT2D eigenvalue weighted by Gasteiger charge is 2.06. The molecular weight excluding hydrogens is 308 g/mol. The minimum absolute atomic E-state index is 0.0448. The fourth-order valence-corrected chi connectivity index (χ4v) is 2.69. The van der Waals surface area contributed by atoms with Crippen molar-refractivity contribution < 1.29 is 4.74 Å². The van der Waals surface area contributed by atoms with Gasteiger partial charge in [-0.1, -0.05) is 18.2 Å². The van der Waals surface area contributed by atoms with Gasteiger partial charge >= 0.3 is 0 Å². The summed E-state index contributed by atoms with van der Waals surface area (Å²) < 4.78 is 5.85. The highest BCUT2D eigenvalue weighted by Crippen LogP contribution is 2.12. The van der Waals surface area contributed by atoms with Crippen molar-refractivity contribution in [3.8, 4) is 5.75 Å². The lowest BCUT2D eigenvalue weighted by molar-refractivity contribution is 0.224. The molecule has 0 fully saturated rings. The molecule has 0 bridgehead atoms. The maximum Gasteiger partial charge on any atom is 0.191 e. The van der Waals surface area contributed by atoms with Gasteiger partial charge in [0, 0.05) is 17.6 Å². The van der Waals surface area contributed by atoms with E-state index in [0.29, 0.717) is 13.1 Å². The molecule has 23 heavy (non-hydrogen) atoms. The molecule has 1 heterocycles. The number of nitrogens with zero attached hydrogens (tertiary/aromatic N) is 2. The van der Waals surface area contributed by atoms with Crippen molar-refractivity contribution >= 4 is 17.3 Å². The number of aromatic nitrogens is 1. The first-order valence-electron chi connectivity index (χ1n) is 7.82. The summed E-state index contributed by atoms with van der Waals surface area (Å²) in [5, 5.41) is 7.57. The quantitative estimate of drug-likeness (QED) is 0.604. The predicted molar refractivity (Wildman–Crippen MR) is 96.2 cm³/mol. The molecule has 0 aliphatic rings. The zero-order valence-electron chi connectivity index (χ0n) is 13.9. The third kappa shape index (κ3) is 6.28. The first-order chi connectivity index (χ1) is 11.2. The second-order valence-corrected chi connectivity index (χ2v) is 6.50. The number of aryl methyl sites for hydroxylation is 1. The van der Waals surface area contributed by atoms with E-state index in [1.54, 1.807) is 11.3 Å². The lowest BCUT2D eigenvalue weighted by Crippen LogP contribution is -2.41. The Labute approximate surface area is 141 Å². The summed E-state index contributed by atoms with van der Waals surface area (Å²) in [6.45, 7) is 8.22. The van der Waals surface area contributed by atoms with Crippen LogP contribution in [0.25, 0.3) is 0 Å². The highest BCUT2D eigenvalue weighted by atomic mass is 32.1. The van der Waals surface area contributed by atoms with Crippen LogP contribution in [0.1, 0.15) is 23.7 Å². The topological polar surface area (TPSA) is 58.5 Å². The summed E-state index contributed by atoms with van der Waals surface area (Å²) in [5.41, 5.74) is 0. The largest absolute Gasteiger partial charge is 0.489 e. The molecular formula is C17H24N4OS. The Bertz CT molecular complexity index is 612. The van der Waals surface area contributed by atoms with Gasteiger partial charge in [-0.3, -0.25) is 0 Å². The van der Waals surface area contributed by atoms with Crippen molar-refractivity contribution in [2.24, 2.45) is 4.99 Å². The lowest BCUT2D eigenvalue weighted by Gasteiger charge is -2.17. The van der Waals surface area contributed by atoms with Crippen molar-refractivity contribution in [2.45, 2.75) is 33.4 Å². The zero-order chi connectivity index (χ0) is 16.5. The van der Waals surface area contributed by atoms with Crippen LogP contribution in [0.3, 0.4) is 0 Å². The SMILES string of the molecule is CCNC(=NCc1ncc(C)s1)NCC(C)Oc1ccccc1.